The Balaban J connectivity index is 2.36. The van der Waals surface area contributed by atoms with Crippen molar-refractivity contribution in [1.82, 2.24) is 4.90 Å². The molecular formula is C10H20N2O. The van der Waals surface area contributed by atoms with Crippen LogP contribution in [0, 0.1) is 17.8 Å². The molecule has 2 N–H and O–H groups in total. The maximum atomic E-state index is 10.9. The Labute approximate surface area is 80.3 Å². The molecule has 0 bridgehead atoms. The molecule has 0 radical (unpaired) electrons. The molecule has 76 valence electrons. The topological polar surface area (TPSA) is 46.3 Å². The van der Waals surface area contributed by atoms with Gasteiger partial charge in [0.1, 0.15) is 0 Å². The van der Waals surface area contributed by atoms with Crippen LogP contribution in [0.2, 0.25) is 0 Å². The van der Waals surface area contributed by atoms with Crippen LogP contribution in [0.25, 0.3) is 0 Å². The van der Waals surface area contributed by atoms with Crippen molar-refractivity contribution >= 4 is 5.91 Å². The van der Waals surface area contributed by atoms with Gasteiger partial charge in [0, 0.05) is 20.0 Å². The van der Waals surface area contributed by atoms with Gasteiger partial charge in [0.2, 0.25) is 5.91 Å². The smallest absolute Gasteiger partial charge is 0.219 e. The summed E-state index contributed by atoms with van der Waals surface area (Å²) in [7, 11) is 0. The molecule has 1 rings (SSSR count). The molecule has 13 heavy (non-hydrogen) atoms. The summed E-state index contributed by atoms with van der Waals surface area (Å²) >= 11 is 0. The summed E-state index contributed by atoms with van der Waals surface area (Å²) in [4.78, 5) is 12.8. The number of carbonyl (C=O) groups excluding carboxylic acids is 1. The fraction of sp³-hybridized carbons (Fsp3) is 0.900. The van der Waals surface area contributed by atoms with E-state index in [4.69, 9.17) is 5.73 Å². The summed E-state index contributed by atoms with van der Waals surface area (Å²) < 4.78 is 0. The van der Waals surface area contributed by atoms with E-state index < -0.39 is 0 Å². The molecule has 3 nitrogen and oxygen atoms in total. The van der Waals surface area contributed by atoms with E-state index >= 15 is 0 Å². The summed E-state index contributed by atoms with van der Waals surface area (Å²) in [5.41, 5.74) is 5.70. The van der Waals surface area contributed by atoms with Crippen LogP contribution < -0.4 is 5.73 Å². The Morgan fingerprint density at radius 1 is 1.54 bits per heavy atom. The van der Waals surface area contributed by atoms with Gasteiger partial charge in [-0.2, -0.15) is 0 Å². The number of nitrogens with two attached hydrogens (primary N) is 1. The first-order chi connectivity index (χ1) is 6.06. The van der Waals surface area contributed by atoms with Gasteiger partial charge >= 0.3 is 0 Å². The third kappa shape index (κ3) is 2.21. The van der Waals surface area contributed by atoms with Crippen LogP contribution in [0.1, 0.15) is 20.8 Å². The molecule has 1 heterocycles. The van der Waals surface area contributed by atoms with Crippen molar-refractivity contribution in [1.29, 1.82) is 0 Å². The molecule has 0 aliphatic carbocycles. The highest BCUT2D eigenvalue weighted by Gasteiger charge is 2.35. The van der Waals surface area contributed by atoms with Gasteiger partial charge in [0.25, 0.3) is 0 Å². The van der Waals surface area contributed by atoms with E-state index in [1.807, 2.05) is 4.90 Å². The van der Waals surface area contributed by atoms with Gasteiger partial charge in [-0.15, -0.1) is 0 Å². The molecule has 1 aliphatic rings. The molecule has 0 aromatic carbocycles. The van der Waals surface area contributed by atoms with Crippen molar-refractivity contribution in [2.45, 2.75) is 20.8 Å². The monoisotopic (exact) mass is 184 g/mol. The molecule has 0 aromatic rings. The van der Waals surface area contributed by atoms with Crippen LogP contribution in [0.4, 0.5) is 0 Å². The summed E-state index contributed by atoms with van der Waals surface area (Å²) in [6.07, 6.45) is 0. The number of amides is 1. The van der Waals surface area contributed by atoms with Crippen LogP contribution in [0.15, 0.2) is 0 Å². The lowest BCUT2D eigenvalue weighted by molar-refractivity contribution is -0.136. The normalized spacial score (nSPS) is 20.2. The Bertz CT molecular complexity index is 185. The molecule has 1 saturated heterocycles. The van der Waals surface area contributed by atoms with Crippen molar-refractivity contribution in [3.63, 3.8) is 0 Å². The number of rotatable bonds is 3. The van der Waals surface area contributed by atoms with Crippen molar-refractivity contribution in [3.05, 3.63) is 0 Å². The quantitative estimate of drug-likeness (QED) is 0.701. The predicted molar refractivity (Wildman–Crippen MR) is 53.1 cm³/mol. The zero-order chi connectivity index (χ0) is 10.0. The summed E-state index contributed by atoms with van der Waals surface area (Å²) in [6.45, 7) is 8.60. The third-order valence-corrected chi connectivity index (χ3v) is 3.09. The number of hydrogen-bond acceptors (Lipinski definition) is 2. The highest BCUT2D eigenvalue weighted by atomic mass is 16.2. The van der Waals surface area contributed by atoms with Crippen molar-refractivity contribution in [3.8, 4) is 0 Å². The Hall–Kier alpha value is -0.570. The number of likely N-dealkylation sites (tertiary alicyclic amines) is 1. The molecule has 3 heteroatoms. The summed E-state index contributed by atoms with van der Waals surface area (Å²) in [5.74, 6) is 2.03. The zero-order valence-electron chi connectivity index (χ0n) is 8.79. The molecule has 1 aliphatic heterocycles. The number of hydrogen-bond donors (Lipinski definition) is 1. The van der Waals surface area contributed by atoms with E-state index in [9.17, 15) is 4.79 Å². The second-order valence-corrected chi connectivity index (χ2v) is 4.33. The van der Waals surface area contributed by atoms with E-state index in [0.717, 1.165) is 19.6 Å². The first-order valence-electron chi connectivity index (χ1n) is 5.01. The van der Waals surface area contributed by atoms with Gasteiger partial charge in [-0.05, 0) is 24.3 Å². The minimum Gasteiger partial charge on any atom is -0.342 e. The van der Waals surface area contributed by atoms with Crippen LogP contribution in [-0.2, 0) is 4.79 Å². The summed E-state index contributed by atoms with van der Waals surface area (Å²) in [5, 5.41) is 0. The zero-order valence-corrected chi connectivity index (χ0v) is 8.79. The van der Waals surface area contributed by atoms with Gasteiger partial charge in [0.15, 0.2) is 0 Å². The molecule has 0 spiro atoms. The van der Waals surface area contributed by atoms with Gasteiger partial charge in [-0.3, -0.25) is 4.79 Å². The molecule has 1 unspecified atom stereocenters. The standard InChI is InChI=1S/C10H20N2O/c1-7(2)10(4-11)9-5-12(6-9)8(3)13/h7,9-10H,4-6,11H2,1-3H3. The van der Waals surface area contributed by atoms with E-state index in [2.05, 4.69) is 13.8 Å². The molecule has 0 saturated carbocycles. The Kier molecular flexibility index (Phi) is 3.31. The predicted octanol–water partition coefficient (Wildman–Crippen LogP) is 0.696. The molecular weight excluding hydrogens is 164 g/mol. The van der Waals surface area contributed by atoms with Crippen molar-refractivity contribution in [2.75, 3.05) is 19.6 Å². The average Bonchev–Trinajstić information content (AvgIpc) is 1.93. The minimum absolute atomic E-state index is 0.191. The lowest BCUT2D eigenvalue weighted by Crippen LogP contribution is -2.54. The van der Waals surface area contributed by atoms with E-state index in [0.29, 0.717) is 17.8 Å². The first kappa shape index (κ1) is 10.5. The highest BCUT2D eigenvalue weighted by molar-refractivity contribution is 5.74. The fourth-order valence-corrected chi connectivity index (χ4v) is 2.05. The largest absolute Gasteiger partial charge is 0.342 e. The van der Waals surface area contributed by atoms with E-state index in [-0.39, 0.29) is 5.91 Å². The lowest BCUT2D eigenvalue weighted by Gasteiger charge is -2.44. The molecule has 1 fully saturated rings. The van der Waals surface area contributed by atoms with Crippen molar-refractivity contribution < 1.29 is 4.79 Å². The Morgan fingerprint density at radius 2 is 2.08 bits per heavy atom. The van der Waals surface area contributed by atoms with E-state index in [1.165, 1.54) is 0 Å². The van der Waals surface area contributed by atoms with Crippen LogP contribution >= 0.6 is 0 Å². The van der Waals surface area contributed by atoms with Gasteiger partial charge in [-0.25, -0.2) is 0 Å². The minimum atomic E-state index is 0.191. The molecule has 1 amide bonds. The first-order valence-corrected chi connectivity index (χ1v) is 5.01. The average molecular weight is 184 g/mol. The SMILES string of the molecule is CC(=O)N1CC(C(CN)C(C)C)C1. The second kappa shape index (κ2) is 4.09. The third-order valence-electron chi connectivity index (χ3n) is 3.09. The van der Waals surface area contributed by atoms with Crippen LogP contribution in [-0.4, -0.2) is 30.4 Å². The Morgan fingerprint density at radius 3 is 2.38 bits per heavy atom. The van der Waals surface area contributed by atoms with Gasteiger partial charge < -0.3 is 10.6 Å². The van der Waals surface area contributed by atoms with Crippen LogP contribution in [0.5, 0.6) is 0 Å². The number of carbonyl (C=O) groups is 1. The van der Waals surface area contributed by atoms with Gasteiger partial charge in [0.05, 0.1) is 0 Å². The van der Waals surface area contributed by atoms with Crippen molar-refractivity contribution in [2.24, 2.45) is 23.5 Å². The van der Waals surface area contributed by atoms with Gasteiger partial charge in [-0.1, -0.05) is 13.8 Å². The number of nitrogens with zero attached hydrogens (tertiary/aromatic N) is 1. The fourth-order valence-electron chi connectivity index (χ4n) is 2.05. The van der Waals surface area contributed by atoms with E-state index in [1.54, 1.807) is 6.92 Å². The van der Waals surface area contributed by atoms with Crippen LogP contribution in [0.3, 0.4) is 0 Å². The highest BCUT2D eigenvalue weighted by Crippen LogP contribution is 2.28. The second-order valence-electron chi connectivity index (χ2n) is 4.33. The molecule has 1 atom stereocenters. The maximum Gasteiger partial charge on any atom is 0.219 e. The maximum absolute atomic E-state index is 10.9. The lowest BCUT2D eigenvalue weighted by atomic mass is 9.79. The summed E-state index contributed by atoms with van der Waals surface area (Å²) in [6, 6.07) is 0. The molecule has 0 aromatic heterocycles.